The molecule has 2 aliphatic rings. The fourth-order valence-corrected chi connectivity index (χ4v) is 3.73. The lowest BCUT2D eigenvalue weighted by Gasteiger charge is -2.31. The Hall–Kier alpha value is -0.570. The van der Waals surface area contributed by atoms with Crippen molar-refractivity contribution in [2.24, 2.45) is 17.8 Å². The van der Waals surface area contributed by atoms with Gasteiger partial charge in [0.2, 0.25) is 0 Å². The predicted molar refractivity (Wildman–Crippen MR) is 72.3 cm³/mol. The molecular formula is C15H27NO2. The summed E-state index contributed by atoms with van der Waals surface area (Å²) in [6.07, 6.45) is 5.69. The summed E-state index contributed by atoms with van der Waals surface area (Å²) < 4.78 is 5.07. The van der Waals surface area contributed by atoms with E-state index in [1.807, 2.05) is 6.92 Å². The maximum atomic E-state index is 11.6. The van der Waals surface area contributed by atoms with Crippen molar-refractivity contribution in [3.05, 3.63) is 0 Å². The van der Waals surface area contributed by atoms with Gasteiger partial charge in [-0.05, 0) is 57.8 Å². The molecule has 0 spiro atoms. The number of carbonyl (C=O) groups excluding carboxylic acids is 1. The van der Waals surface area contributed by atoms with Gasteiger partial charge in [0.25, 0.3) is 0 Å². The van der Waals surface area contributed by atoms with Gasteiger partial charge >= 0.3 is 5.97 Å². The van der Waals surface area contributed by atoms with Gasteiger partial charge < -0.3 is 4.74 Å². The average molecular weight is 253 g/mol. The molecule has 3 nitrogen and oxygen atoms in total. The fourth-order valence-electron chi connectivity index (χ4n) is 3.73. The summed E-state index contributed by atoms with van der Waals surface area (Å²) >= 11 is 0. The Labute approximate surface area is 111 Å². The topological polar surface area (TPSA) is 29.5 Å². The third-order valence-electron chi connectivity index (χ3n) is 4.72. The van der Waals surface area contributed by atoms with E-state index in [-0.39, 0.29) is 5.97 Å². The Balaban J connectivity index is 1.84. The lowest BCUT2D eigenvalue weighted by molar-refractivity contribution is -0.145. The van der Waals surface area contributed by atoms with E-state index < -0.39 is 0 Å². The second kappa shape index (κ2) is 6.05. The Kier molecular flexibility index (Phi) is 4.66. The summed E-state index contributed by atoms with van der Waals surface area (Å²) in [6.45, 7) is 8.24. The first-order valence-corrected chi connectivity index (χ1v) is 7.49. The Morgan fingerprint density at radius 1 is 1.33 bits per heavy atom. The molecule has 18 heavy (non-hydrogen) atoms. The number of nitrogens with zero attached hydrogens (tertiary/aromatic N) is 1. The molecule has 3 atom stereocenters. The van der Waals surface area contributed by atoms with E-state index in [9.17, 15) is 4.79 Å². The van der Waals surface area contributed by atoms with Crippen molar-refractivity contribution in [1.82, 2.24) is 4.90 Å². The van der Waals surface area contributed by atoms with Crippen molar-refractivity contribution in [2.75, 3.05) is 19.7 Å². The molecule has 0 aromatic rings. The molecule has 0 heterocycles. The summed E-state index contributed by atoms with van der Waals surface area (Å²) in [7, 11) is 0. The number of hydrogen-bond acceptors (Lipinski definition) is 3. The molecule has 3 unspecified atom stereocenters. The van der Waals surface area contributed by atoms with Crippen LogP contribution in [0.3, 0.4) is 0 Å². The lowest BCUT2D eigenvalue weighted by Crippen LogP contribution is -2.40. The molecule has 0 aliphatic heterocycles. The van der Waals surface area contributed by atoms with Crippen LogP contribution in [0.15, 0.2) is 0 Å². The van der Waals surface area contributed by atoms with Crippen LogP contribution in [0.1, 0.15) is 46.5 Å². The summed E-state index contributed by atoms with van der Waals surface area (Å²) in [5.74, 6) is 2.66. The van der Waals surface area contributed by atoms with E-state index in [1.165, 1.54) is 25.7 Å². The largest absolute Gasteiger partial charge is 0.465 e. The molecule has 3 heteroatoms. The first-order chi connectivity index (χ1) is 8.60. The van der Waals surface area contributed by atoms with Gasteiger partial charge in [-0.3, -0.25) is 9.69 Å². The van der Waals surface area contributed by atoms with E-state index in [4.69, 9.17) is 4.74 Å². The van der Waals surface area contributed by atoms with Gasteiger partial charge in [-0.25, -0.2) is 0 Å². The molecule has 2 rings (SSSR count). The SMILES string of the molecule is CCOC(=O)CN(CC1CC2CCC1C2)C(C)C. The van der Waals surface area contributed by atoms with Gasteiger partial charge in [0.15, 0.2) is 0 Å². The summed E-state index contributed by atoms with van der Waals surface area (Å²) in [6, 6.07) is 0.425. The smallest absolute Gasteiger partial charge is 0.320 e. The minimum Gasteiger partial charge on any atom is -0.465 e. The highest BCUT2D eigenvalue weighted by Gasteiger charge is 2.40. The zero-order chi connectivity index (χ0) is 13.1. The third kappa shape index (κ3) is 3.25. The first kappa shape index (κ1) is 13.9. The minimum absolute atomic E-state index is 0.0747. The van der Waals surface area contributed by atoms with Crippen LogP contribution in [0.25, 0.3) is 0 Å². The molecule has 0 aromatic heterocycles. The minimum atomic E-state index is -0.0747. The maximum Gasteiger partial charge on any atom is 0.320 e. The van der Waals surface area contributed by atoms with Gasteiger partial charge in [0, 0.05) is 12.6 Å². The highest BCUT2D eigenvalue weighted by molar-refractivity contribution is 5.71. The summed E-state index contributed by atoms with van der Waals surface area (Å²) in [5, 5.41) is 0. The Bertz CT molecular complexity index is 290. The number of hydrogen-bond donors (Lipinski definition) is 0. The molecule has 0 radical (unpaired) electrons. The molecule has 104 valence electrons. The van der Waals surface area contributed by atoms with E-state index in [0.29, 0.717) is 19.2 Å². The van der Waals surface area contributed by atoms with Crippen LogP contribution in [-0.4, -0.2) is 36.6 Å². The average Bonchev–Trinajstić information content (AvgIpc) is 2.90. The van der Waals surface area contributed by atoms with Gasteiger partial charge in [-0.1, -0.05) is 6.42 Å². The molecular weight excluding hydrogens is 226 g/mol. The van der Waals surface area contributed by atoms with Crippen LogP contribution in [0, 0.1) is 17.8 Å². The summed E-state index contributed by atoms with van der Waals surface area (Å²) in [4.78, 5) is 13.9. The van der Waals surface area contributed by atoms with Crippen molar-refractivity contribution >= 4 is 5.97 Å². The maximum absolute atomic E-state index is 11.6. The Morgan fingerprint density at radius 3 is 2.61 bits per heavy atom. The number of fused-ring (bicyclic) bond motifs is 2. The van der Waals surface area contributed by atoms with Crippen LogP contribution in [0.2, 0.25) is 0 Å². The van der Waals surface area contributed by atoms with E-state index >= 15 is 0 Å². The van der Waals surface area contributed by atoms with Crippen LogP contribution < -0.4 is 0 Å². The highest BCUT2D eigenvalue weighted by atomic mass is 16.5. The van der Waals surface area contributed by atoms with Crippen LogP contribution >= 0.6 is 0 Å². The van der Waals surface area contributed by atoms with Gasteiger partial charge in [0.1, 0.15) is 0 Å². The van der Waals surface area contributed by atoms with Crippen LogP contribution in [0.4, 0.5) is 0 Å². The molecule has 0 saturated heterocycles. The molecule has 2 saturated carbocycles. The monoisotopic (exact) mass is 253 g/mol. The van der Waals surface area contributed by atoms with Gasteiger partial charge in [-0.2, -0.15) is 0 Å². The van der Waals surface area contributed by atoms with Crippen molar-refractivity contribution in [3.8, 4) is 0 Å². The fraction of sp³-hybridized carbons (Fsp3) is 0.933. The van der Waals surface area contributed by atoms with E-state index in [1.54, 1.807) is 0 Å². The Morgan fingerprint density at radius 2 is 2.11 bits per heavy atom. The molecule has 2 bridgehead atoms. The van der Waals surface area contributed by atoms with Crippen molar-refractivity contribution < 1.29 is 9.53 Å². The normalized spacial score (nSPS) is 30.4. The zero-order valence-electron chi connectivity index (χ0n) is 12.0. The third-order valence-corrected chi connectivity index (χ3v) is 4.72. The highest BCUT2D eigenvalue weighted by Crippen LogP contribution is 2.48. The lowest BCUT2D eigenvalue weighted by atomic mass is 9.88. The van der Waals surface area contributed by atoms with Crippen LogP contribution in [-0.2, 0) is 9.53 Å². The molecule has 2 fully saturated rings. The van der Waals surface area contributed by atoms with Gasteiger partial charge in [0.05, 0.1) is 13.2 Å². The van der Waals surface area contributed by atoms with E-state index in [0.717, 1.165) is 24.3 Å². The van der Waals surface area contributed by atoms with E-state index in [2.05, 4.69) is 18.7 Å². The predicted octanol–water partition coefficient (Wildman–Crippen LogP) is 2.70. The second-order valence-corrected chi connectivity index (χ2v) is 6.26. The standard InChI is InChI=1S/C15H27NO2/c1-4-18-15(17)10-16(11(2)3)9-14-8-12-5-6-13(14)7-12/h11-14H,4-10H2,1-3H3. The number of ether oxygens (including phenoxy) is 1. The van der Waals surface area contributed by atoms with Crippen molar-refractivity contribution in [3.63, 3.8) is 0 Å². The molecule has 0 N–H and O–H groups in total. The van der Waals surface area contributed by atoms with Crippen LogP contribution in [0.5, 0.6) is 0 Å². The number of carbonyl (C=O) groups is 1. The van der Waals surface area contributed by atoms with Crippen molar-refractivity contribution in [1.29, 1.82) is 0 Å². The molecule has 0 aromatic carbocycles. The quantitative estimate of drug-likeness (QED) is 0.682. The van der Waals surface area contributed by atoms with Crippen molar-refractivity contribution in [2.45, 2.75) is 52.5 Å². The first-order valence-electron chi connectivity index (χ1n) is 7.49. The molecule has 0 amide bonds. The summed E-state index contributed by atoms with van der Waals surface area (Å²) in [5.41, 5.74) is 0. The second-order valence-electron chi connectivity index (χ2n) is 6.26. The number of esters is 1. The van der Waals surface area contributed by atoms with Gasteiger partial charge in [-0.15, -0.1) is 0 Å². The molecule has 2 aliphatic carbocycles. The number of rotatable bonds is 6. The zero-order valence-corrected chi connectivity index (χ0v) is 12.0.